The zero-order chi connectivity index (χ0) is 23.4. The van der Waals surface area contributed by atoms with Crippen LogP contribution in [0.15, 0.2) is 30.3 Å². The van der Waals surface area contributed by atoms with E-state index in [1.165, 1.54) is 6.42 Å². The molecule has 1 aromatic carbocycles. The monoisotopic (exact) mass is 454 g/mol. The number of carbonyl (C=O) groups excluding carboxylic acids is 1. The summed E-state index contributed by atoms with van der Waals surface area (Å²) >= 11 is 0. The second kappa shape index (κ2) is 9.95. The highest BCUT2D eigenvalue weighted by atomic mass is 16.6. The van der Waals surface area contributed by atoms with Gasteiger partial charge in [-0.1, -0.05) is 30.3 Å². The van der Waals surface area contributed by atoms with Crippen molar-refractivity contribution in [2.75, 3.05) is 26.7 Å². The van der Waals surface area contributed by atoms with E-state index in [0.717, 1.165) is 29.8 Å². The van der Waals surface area contributed by atoms with Crippen LogP contribution in [0.2, 0.25) is 0 Å². The highest BCUT2D eigenvalue weighted by molar-refractivity contribution is 5.68. The van der Waals surface area contributed by atoms with Crippen LogP contribution in [0.4, 0.5) is 4.79 Å². The molecule has 1 fully saturated rings. The molecule has 2 aromatic rings. The fraction of sp³-hybridized carbons (Fsp3) is 0.560. The molecule has 1 unspecified atom stereocenters. The van der Waals surface area contributed by atoms with E-state index in [4.69, 9.17) is 14.2 Å². The lowest BCUT2D eigenvalue weighted by Crippen LogP contribution is -2.40. The van der Waals surface area contributed by atoms with Gasteiger partial charge < -0.3 is 24.0 Å². The standard InChI is InChI=1S/C25H34N4O4/c1-25(2,3)33-24(30)29-14-12-20-21(15-29)26-23(32-17-19-11-8-13-28(19)4)27-22(20)31-16-18-9-6-5-7-10-18/h5-7,9-10,19H,8,11-17H2,1-4H3. The quantitative estimate of drug-likeness (QED) is 0.657. The van der Waals surface area contributed by atoms with Crippen LogP contribution in [0.25, 0.3) is 0 Å². The molecular formula is C25H34N4O4. The summed E-state index contributed by atoms with van der Waals surface area (Å²) in [5.41, 5.74) is 2.19. The van der Waals surface area contributed by atoms with Crippen LogP contribution >= 0.6 is 0 Å². The lowest BCUT2D eigenvalue weighted by atomic mass is 10.1. The van der Waals surface area contributed by atoms with E-state index in [2.05, 4.69) is 21.9 Å². The molecule has 1 saturated heterocycles. The van der Waals surface area contributed by atoms with Crippen LogP contribution in [0.3, 0.4) is 0 Å². The summed E-state index contributed by atoms with van der Waals surface area (Å²) in [6.07, 6.45) is 2.54. The molecule has 3 heterocycles. The number of nitrogens with zero attached hydrogens (tertiary/aromatic N) is 4. The number of likely N-dealkylation sites (tertiary alicyclic amines) is 1. The predicted molar refractivity (Wildman–Crippen MR) is 124 cm³/mol. The Morgan fingerprint density at radius 2 is 1.91 bits per heavy atom. The SMILES string of the molecule is CN1CCCC1COc1nc2c(c(OCc3ccccc3)n1)CCN(C(=O)OC(C)(C)C)C2. The Bertz CT molecular complexity index is 961. The Morgan fingerprint density at radius 1 is 1.12 bits per heavy atom. The average molecular weight is 455 g/mol. The van der Waals surface area contributed by atoms with Crippen LogP contribution < -0.4 is 9.47 Å². The predicted octanol–water partition coefficient (Wildman–Crippen LogP) is 3.82. The molecule has 0 saturated carbocycles. The molecule has 2 aliphatic rings. The number of hydrogen-bond donors (Lipinski definition) is 0. The first-order valence-electron chi connectivity index (χ1n) is 11.7. The van der Waals surface area contributed by atoms with Crippen LogP contribution in [-0.2, 0) is 24.3 Å². The molecular weight excluding hydrogens is 420 g/mol. The molecule has 0 radical (unpaired) electrons. The van der Waals surface area contributed by atoms with Gasteiger partial charge in [0.15, 0.2) is 0 Å². The minimum absolute atomic E-state index is 0.295. The lowest BCUT2D eigenvalue weighted by molar-refractivity contribution is 0.0218. The molecule has 1 atom stereocenters. The van der Waals surface area contributed by atoms with Gasteiger partial charge in [0.1, 0.15) is 18.8 Å². The number of carbonyl (C=O) groups is 1. The number of likely N-dealkylation sites (N-methyl/N-ethyl adjacent to an activating group) is 1. The summed E-state index contributed by atoms with van der Waals surface area (Å²) in [4.78, 5) is 25.9. The van der Waals surface area contributed by atoms with Crippen molar-refractivity contribution >= 4 is 6.09 Å². The minimum atomic E-state index is -0.547. The molecule has 0 N–H and O–H groups in total. The maximum absolute atomic E-state index is 12.6. The lowest BCUT2D eigenvalue weighted by Gasteiger charge is -2.31. The number of ether oxygens (including phenoxy) is 3. The Kier molecular flexibility index (Phi) is 7.02. The van der Waals surface area contributed by atoms with Gasteiger partial charge in [-0.15, -0.1) is 0 Å². The van der Waals surface area contributed by atoms with Gasteiger partial charge in [0, 0.05) is 18.2 Å². The molecule has 0 bridgehead atoms. The summed E-state index contributed by atoms with van der Waals surface area (Å²) in [5, 5.41) is 0. The number of amides is 1. The number of rotatable bonds is 6. The molecule has 1 aromatic heterocycles. The average Bonchev–Trinajstić information content (AvgIpc) is 3.19. The molecule has 33 heavy (non-hydrogen) atoms. The molecule has 8 heteroatoms. The Labute approximate surface area is 195 Å². The second-order valence-electron chi connectivity index (χ2n) is 9.75. The Balaban J connectivity index is 1.53. The fourth-order valence-corrected chi connectivity index (χ4v) is 4.13. The van der Waals surface area contributed by atoms with Gasteiger partial charge >= 0.3 is 12.1 Å². The van der Waals surface area contributed by atoms with E-state index in [1.54, 1.807) is 4.90 Å². The summed E-state index contributed by atoms with van der Waals surface area (Å²) in [6.45, 7) is 8.49. The fourth-order valence-electron chi connectivity index (χ4n) is 4.13. The van der Waals surface area contributed by atoms with Gasteiger partial charge in [-0.25, -0.2) is 4.79 Å². The van der Waals surface area contributed by atoms with Crippen molar-refractivity contribution in [2.24, 2.45) is 0 Å². The molecule has 0 aliphatic carbocycles. The molecule has 2 aliphatic heterocycles. The topological polar surface area (TPSA) is 77.0 Å². The number of aromatic nitrogens is 2. The molecule has 8 nitrogen and oxygen atoms in total. The van der Waals surface area contributed by atoms with E-state index >= 15 is 0 Å². The highest BCUT2D eigenvalue weighted by Gasteiger charge is 2.30. The third kappa shape index (κ3) is 6.13. The van der Waals surface area contributed by atoms with E-state index < -0.39 is 5.60 Å². The number of fused-ring (bicyclic) bond motifs is 1. The van der Waals surface area contributed by atoms with Gasteiger partial charge in [-0.05, 0) is 59.2 Å². The third-order valence-electron chi connectivity index (χ3n) is 5.95. The minimum Gasteiger partial charge on any atom is -0.472 e. The maximum Gasteiger partial charge on any atom is 0.410 e. The van der Waals surface area contributed by atoms with Crippen molar-refractivity contribution in [3.8, 4) is 11.9 Å². The van der Waals surface area contributed by atoms with Gasteiger partial charge in [0.05, 0.1) is 12.2 Å². The van der Waals surface area contributed by atoms with Crippen LogP contribution in [0.5, 0.6) is 11.9 Å². The van der Waals surface area contributed by atoms with Crippen molar-refractivity contribution < 1.29 is 19.0 Å². The largest absolute Gasteiger partial charge is 0.472 e. The zero-order valence-corrected chi connectivity index (χ0v) is 20.0. The number of hydrogen-bond acceptors (Lipinski definition) is 7. The summed E-state index contributed by atoms with van der Waals surface area (Å²) in [6, 6.07) is 10.6. The Hall–Kier alpha value is -2.87. The smallest absolute Gasteiger partial charge is 0.410 e. The van der Waals surface area contributed by atoms with Crippen molar-refractivity contribution in [1.29, 1.82) is 0 Å². The highest BCUT2D eigenvalue weighted by Crippen LogP contribution is 2.29. The number of benzene rings is 1. The van der Waals surface area contributed by atoms with Crippen LogP contribution in [0, 0.1) is 0 Å². The summed E-state index contributed by atoms with van der Waals surface area (Å²) in [7, 11) is 2.11. The maximum atomic E-state index is 12.6. The van der Waals surface area contributed by atoms with Gasteiger partial charge in [-0.3, -0.25) is 0 Å². The van der Waals surface area contributed by atoms with Crippen LogP contribution in [-0.4, -0.2) is 64.2 Å². The van der Waals surface area contributed by atoms with Gasteiger partial charge in [0.2, 0.25) is 5.88 Å². The van der Waals surface area contributed by atoms with E-state index in [9.17, 15) is 4.79 Å². The van der Waals surface area contributed by atoms with Gasteiger partial charge in [0.25, 0.3) is 0 Å². The van der Waals surface area contributed by atoms with Crippen molar-refractivity contribution in [2.45, 2.75) is 64.8 Å². The molecule has 4 rings (SSSR count). The molecule has 1 amide bonds. The molecule has 178 valence electrons. The third-order valence-corrected chi connectivity index (χ3v) is 5.95. The summed E-state index contributed by atoms with van der Waals surface area (Å²) in [5.74, 6) is 0.530. The van der Waals surface area contributed by atoms with E-state index in [1.807, 2.05) is 51.1 Å². The van der Waals surface area contributed by atoms with E-state index in [-0.39, 0.29) is 6.09 Å². The van der Waals surface area contributed by atoms with Crippen LogP contribution in [0.1, 0.15) is 50.4 Å². The first kappa shape index (κ1) is 23.3. The zero-order valence-electron chi connectivity index (χ0n) is 20.0. The van der Waals surface area contributed by atoms with Gasteiger partial charge in [-0.2, -0.15) is 9.97 Å². The molecule has 0 spiro atoms. The second-order valence-corrected chi connectivity index (χ2v) is 9.75. The van der Waals surface area contributed by atoms with Crippen molar-refractivity contribution in [1.82, 2.24) is 19.8 Å². The Morgan fingerprint density at radius 3 is 2.61 bits per heavy atom. The van der Waals surface area contributed by atoms with E-state index in [0.29, 0.717) is 50.7 Å². The summed E-state index contributed by atoms with van der Waals surface area (Å²) < 4.78 is 17.7. The first-order chi connectivity index (χ1) is 15.8. The van der Waals surface area contributed by atoms with Crippen molar-refractivity contribution in [3.05, 3.63) is 47.2 Å². The normalized spacial score (nSPS) is 18.7. The first-order valence-corrected chi connectivity index (χ1v) is 11.7. The van der Waals surface area contributed by atoms with Crippen molar-refractivity contribution in [3.63, 3.8) is 0 Å².